The molecular weight excluding hydrogens is 182 g/mol. The minimum Gasteiger partial charge on any atom is -0.480 e. The second-order valence-corrected chi connectivity index (χ2v) is 3.15. The molecule has 0 amide bonds. The number of nitrogens with zero attached hydrogens (tertiary/aromatic N) is 3. The summed E-state index contributed by atoms with van der Waals surface area (Å²) in [5.41, 5.74) is 1.62. The Morgan fingerprint density at radius 1 is 1.64 bits per heavy atom. The number of fused-ring (bicyclic) bond motifs is 1. The molecule has 0 fully saturated rings. The third-order valence-electron chi connectivity index (χ3n) is 1.84. The quantitative estimate of drug-likeness (QED) is 0.763. The first-order valence-corrected chi connectivity index (χ1v) is 4.17. The van der Waals surface area contributed by atoms with Crippen LogP contribution < -0.4 is 0 Å². The van der Waals surface area contributed by atoms with Crippen LogP contribution in [0.25, 0.3) is 11.0 Å². The van der Waals surface area contributed by atoms with Gasteiger partial charge in [0, 0.05) is 17.8 Å². The molecular formula is C9H9N3O2. The van der Waals surface area contributed by atoms with E-state index in [2.05, 4.69) is 10.1 Å². The molecule has 0 spiro atoms. The molecule has 5 nitrogen and oxygen atoms in total. The molecule has 0 saturated heterocycles. The molecule has 0 saturated carbocycles. The number of carbonyl (C=O) groups is 1. The minimum atomic E-state index is -0.908. The van der Waals surface area contributed by atoms with E-state index < -0.39 is 5.97 Å². The first-order chi connectivity index (χ1) is 6.65. The number of aryl methyl sites for hydroxylation is 1. The van der Waals surface area contributed by atoms with Gasteiger partial charge in [0.25, 0.3) is 0 Å². The first-order valence-electron chi connectivity index (χ1n) is 4.17. The molecule has 5 heteroatoms. The molecule has 1 N–H and O–H groups in total. The summed E-state index contributed by atoms with van der Waals surface area (Å²) < 4.78 is 1.37. The number of aromatic nitrogens is 3. The van der Waals surface area contributed by atoms with E-state index in [1.54, 1.807) is 12.4 Å². The topological polar surface area (TPSA) is 68.0 Å². The third kappa shape index (κ3) is 1.56. The molecule has 0 atom stereocenters. The number of hydrogen-bond acceptors (Lipinski definition) is 3. The Morgan fingerprint density at radius 2 is 2.43 bits per heavy atom. The summed E-state index contributed by atoms with van der Waals surface area (Å²) in [5, 5.41) is 13.5. The van der Waals surface area contributed by atoms with Crippen molar-refractivity contribution in [3.8, 4) is 0 Å². The zero-order valence-corrected chi connectivity index (χ0v) is 7.64. The Labute approximate surface area is 80.0 Å². The number of rotatable bonds is 2. The maximum Gasteiger partial charge on any atom is 0.325 e. The third-order valence-corrected chi connectivity index (χ3v) is 1.84. The van der Waals surface area contributed by atoms with Crippen molar-refractivity contribution in [3.05, 3.63) is 24.0 Å². The highest BCUT2D eigenvalue weighted by molar-refractivity contribution is 5.75. The van der Waals surface area contributed by atoms with Crippen LogP contribution in [0.1, 0.15) is 5.56 Å². The van der Waals surface area contributed by atoms with Crippen molar-refractivity contribution >= 4 is 17.0 Å². The van der Waals surface area contributed by atoms with E-state index in [1.165, 1.54) is 4.68 Å². The second-order valence-electron chi connectivity index (χ2n) is 3.15. The van der Waals surface area contributed by atoms with Gasteiger partial charge in [-0.15, -0.1) is 0 Å². The van der Waals surface area contributed by atoms with Crippen molar-refractivity contribution in [3.63, 3.8) is 0 Å². The van der Waals surface area contributed by atoms with Gasteiger partial charge in [0.2, 0.25) is 0 Å². The van der Waals surface area contributed by atoms with Gasteiger partial charge in [-0.25, -0.2) is 4.98 Å². The van der Waals surface area contributed by atoms with Crippen molar-refractivity contribution in [2.45, 2.75) is 13.5 Å². The first kappa shape index (κ1) is 8.68. The molecule has 0 radical (unpaired) electrons. The second kappa shape index (κ2) is 3.10. The summed E-state index contributed by atoms with van der Waals surface area (Å²) in [6.45, 7) is 1.80. The molecule has 2 aromatic heterocycles. The van der Waals surface area contributed by atoms with Crippen LogP contribution in [0, 0.1) is 6.92 Å². The summed E-state index contributed by atoms with van der Waals surface area (Å²) in [7, 11) is 0. The number of carboxylic acids is 1. The highest BCUT2D eigenvalue weighted by atomic mass is 16.4. The Morgan fingerprint density at radius 3 is 3.14 bits per heavy atom. The highest BCUT2D eigenvalue weighted by Gasteiger charge is 2.04. The molecule has 0 unspecified atom stereocenters. The van der Waals surface area contributed by atoms with E-state index in [0.29, 0.717) is 5.65 Å². The van der Waals surface area contributed by atoms with Gasteiger partial charge in [-0.2, -0.15) is 5.10 Å². The van der Waals surface area contributed by atoms with Crippen LogP contribution in [0.5, 0.6) is 0 Å². The summed E-state index contributed by atoms with van der Waals surface area (Å²) in [6.07, 6.45) is 3.39. The molecule has 2 aromatic rings. The van der Waals surface area contributed by atoms with Gasteiger partial charge in [-0.1, -0.05) is 0 Å². The molecule has 14 heavy (non-hydrogen) atoms. The maximum absolute atomic E-state index is 10.4. The van der Waals surface area contributed by atoms with E-state index in [1.807, 2.05) is 13.0 Å². The average Bonchev–Trinajstić information content (AvgIpc) is 2.44. The maximum atomic E-state index is 10.4. The molecule has 2 rings (SSSR count). The SMILES string of the molecule is Cc1cnc2nn(CC(=O)O)cc2c1. The van der Waals surface area contributed by atoms with E-state index in [-0.39, 0.29) is 6.54 Å². The lowest BCUT2D eigenvalue weighted by atomic mass is 10.3. The standard InChI is InChI=1S/C9H9N3O2/c1-6-2-7-4-12(5-8(13)14)11-9(7)10-3-6/h2-4H,5H2,1H3,(H,13,14). The Kier molecular flexibility index (Phi) is 1.92. The Balaban J connectivity index is 2.46. The molecule has 0 aromatic carbocycles. The minimum absolute atomic E-state index is 0.130. The van der Waals surface area contributed by atoms with Crippen molar-refractivity contribution in [2.24, 2.45) is 0 Å². The van der Waals surface area contributed by atoms with Gasteiger partial charge in [0.1, 0.15) is 6.54 Å². The number of hydrogen-bond donors (Lipinski definition) is 1. The van der Waals surface area contributed by atoms with Crippen molar-refractivity contribution in [1.82, 2.24) is 14.8 Å². The van der Waals surface area contributed by atoms with Gasteiger partial charge in [0.05, 0.1) is 0 Å². The van der Waals surface area contributed by atoms with Crippen molar-refractivity contribution in [2.75, 3.05) is 0 Å². The highest BCUT2D eigenvalue weighted by Crippen LogP contribution is 2.10. The Bertz CT molecular complexity index is 490. The van der Waals surface area contributed by atoms with Gasteiger partial charge in [0.15, 0.2) is 5.65 Å². The largest absolute Gasteiger partial charge is 0.480 e. The summed E-state index contributed by atoms with van der Waals surface area (Å²) in [5.74, 6) is -0.908. The van der Waals surface area contributed by atoms with Gasteiger partial charge < -0.3 is 5.11 Å². The van der Waals surface area contributed by atoms with Gasteiger partial charge in [-0.05, 0) is 18.6 Å². The normalized spacial score (nSPS) is 10.6. The van der Waals surface area contributed by atoms with Crippen LogP contribution in [-0.2, 0) is 11.3 Å². The van der Waals surface area contributed by atoms with E-state index >= 15 is 0 Å². The molecule has 0 aliphatic carbocycles. The predicted molar refractivity (Wildman–Crippen MR) is 49.9 cm³/mol. The fourth-order valence-electron chi connectivity index (χ4n) is 1.29. The summed E-state index contributed by atoms with van der Waals surface area (Å²) in [6, 6.07) is 1.92. The zero-order valence-electron chi connectivity index (χ0n) is 7.64. The number of aliphatic carboxylic acids is 1. The lowest BCUT2D eigenvalue weighted by Crippen LogP contribution is -2.08. The molecule has 0 bridgehead atoms. The smallest absolute Gasteiger partial charge is 0.325 e. The van der Waals surface area contributed by atoms with Crippen LogP contribution >= 0.6 is 0 Å². The summed E-state index contributed by atoms with van der Waals surface area (Å²) in [4.78, 5) is 14.5. The number of pyridine rings is 1. The fraction of sp³-hybridized carbons (Fsp3) is 0.222. The van der Waals surface area contributed by atoms with Crippen molar-refractivity contribution in [1.29, 1.82) is 0 Å². The lowest BCUT2D eigenvalue weighted by molar-refractivity contribution is -0.137. The molecule has 2 heterocycles. The monoisotopic (exact) mass is 191 g/mol. The van der Waals surface area contributed by atoms with Gasteiger partial charge in [-0.3, -0.25) is 9.48 Å². The average molecular weight is 191 g/mol. The van der Waals surface area contributed by atoms with Gasteiger partial charge >= 0.3 is 5.97 Å². The van der Waals surface area contributed by atoms with Crippen LogP contribution in [0.2, 0.25) is 0 Å². The molecule has 0 aliphatic heterocycles. The van der Waals surface area contributed by atoms with Crippen LogP contribution in [0.3, 0.4) is 0 Å². The lowest BCUT2D eigenvalue weighted by Gasteiger charge is -1.91. The van der Waals surface area contributed by atoms with Crippen LogP contribution in [0.4, 0.5) is 0 Å². The molecule has 0 aliphatic rings. The Hall–Kier alpha value is -1.91. The fourth-order valence-corrected chi connectivity index (χ4v) is 1.29. The van der Waals surface area contributed by atoms with E-state index in [9.17, 15) is 4.79 Å². The number of carboxylic acid groups (broad SMARTS) is 1. The van der Waals surface area contributed by atoms with Crippen LogP contribution in [0.15, 0.2) is 18.5 Å². The van der Waals surface area contributed by atoms with Crippen molar-refractivity contribution < 1.29 is 9.90 Å². The zero-order chi connectivity index (χ0) is 10.1. The van der Waals surface area contributed by atoms with E-state index in [4.69, 9.17) is 5.11 Å². The predicted octanol–water partition coefficient (Wildman–Crippen LogP) is 0.824. The van der Waals surface area contributed by atoms with E-state index in [0.717, 1.165) is 10.9 Å². The molecule has 72 valence electrons. The summed E-state index contributed by atoms with van der Waals surface area (Å²) >= 11 is 0. The van der Waals surface area contributed by atoms with Crippen LogP contribution in [-0.4, -0.2) is 25.8 Å².